The summed E-state index contributed by atoms with van der Waals surface area (Å²) in [6.45, 7) is -0.790. The molecule has 0 fully saturated rings. The third-order valence-electron chi connectivity index (χ3n) is 3.67. The molecule has 0 amide bonds. The van der Waals surface area contributed by atoms with Gasteiger partial charge in [0, 0.05) is 0 Å². The molecule has 0 aliphatic rings. The van der Waals surface area contributed by atoms with Crippen molar-refractivity contribution in [3.05, 3.63) is 46.4 Å². The predicted molar refractivity (Wildman–Crippen MR) is 109 cm³/mol. The smallest absolute Gasteiger partial charge is 0.206 e. The van der Waals surface area contributed by atoms with E-state index in [1.54, 1.807) is 0 Å². The summed E-state index contributed by atoms with van der Waals surface area (Å²) in [5, 5.41) is 27.4. The molecule has 2 aromatic carbocycles. The van der Waals surface area contributed by atoms with Crippen LogP contribution in [0.2, 0.25) is 10.0 Å². The molecule has 0 saturated heterocycles. The van der Waals surface area contributed by atoms with Crippen LogP contribution in [0.15, 0.2) is 46.2 Å². The molecule has 7 nitrogen and oxygen atoms in total. The molecule has 0 saturated carbocycles. The fraction of sp³-hybridized carbons (Fsp3) is 0.333. The maximum atomic E-state index is 12.9. The summed E-state index contributed by atoms with van der Waals surface area (Å²) in [6.07, 6.45) is -1.96. The summed E-state index contributed by atoms with van der Waals surface area (Å²) in [7, 11) is -3.93. The van der Waals surface area contributed by atoms with Gasteiger partial charge in [0.25, 0.3) is 0 Å². The molecule has 2 atom stereocenters. The Morgan fingerprint density at radius 2 is 1.45 bits per heavy atom. The molecule has 29 heavy (non-hydrogen) atoms. The Balaban J connectivity index is 2.22. The number of hydrogen-bond acceptors (Lipinski definition) is 7. The van der Waals surface area contributed by atoms with E-state index < -0.39 is 28.7 Å². The van der Waals surface area contributed by atoms with Gasteiger partial charge < -0.3 is 24.8 Å². The minimum absolute atomic E-state index is 0.00128. The van der Waals surface area contributed by atoms with Crippen LogP contribution in [0.5, 0.6) is 11.5 Å². The van der Waals surface area contributed by atoms with Crippen LogP contribution in [0.25, 0.3) is 0 Å². The molecule has 160 valence electrons. The van der Waals surface area contributed by atoms with Crippen molar-refractivity contribution >= 4 is 44.6 Å². The fourth-order valence-corrected chi connectivity index (χ4v) is 4.28. The molecule has 0 bridgehead atoms. The van der Waals surface area contributed by atoms with Crippen LogP contribution in [0.1, 0.15) is 0 Å². The third kappa shape index (κ3) is 6.36. The topological polar surface area (TPSA) is 113 Å². The lowest BCUT2D eigenvalue weighted by atomic mass is 10.3. The van der Waals surface area contributed by atoms with Gasteiger partial charge in [0.05, 0.1) is 32.3 Å². The maximum Gasteiger partial charge on any atom is 0.206 e. The van der Waals surface area contributed by atoms with Crippen LogP contribution in [0.4, 0.5) is 0 Å². The SMILES string of the molecule is O=S(=O)(c1ccc(OCC(O)CCl)cc1)c1cc(Cl)c(OCC(O)CO)c(Cl)c1. The molecule has 0 spiro atoms. The van der Waals surface area contributed by atoms with Crippen molar-refractivity contribution in [2.45, 2.75) is 22.0 Å². The number of rotatable bonds is 10. The van der Waals surface area contributed by atoms with Crippen LogP contribution in [-0.2, 0) is 9.84 Å². The lowest BCUT2D eigenvalue weighted by Crippen LogP contribution is -2.21. The molecule has 2 unspecified atom stereocenters. The summed E-state index contributed by atoms with van der Waals surface area (Å²) < 4.78 is 36.3. The van der Waals surface area contributed by atoms with E-state index in [0.29, 0.717) is 5.75 Å². The molecule has 0 aliphatic heterocycles. The molecular weight excluding hydrogens is 467 g/mol. The second-order valence-electron chi connectivity index (χ2n) is 5.96. The molecule has 2 aromatic rings. The summed E-state index contributed by atoms with van der Waals surface area (Å²) >= 11 is 17.7. The highest BCUT2D eigenvalue weighted by molar-refractivity contribution is 7.91. The Morgan fingerprint density at radius 3 is 1.97 bits per heavy atom. The van der Waals surface area contributed by atoms with Gasteiger partial charge in [-0.2, -0.15) is 0 Å². The van der Waals surface area contributed by atoms with Crippen molar-refractivity contribution in [3.8, 4) is 11.5 Å². The van der Waals surface area contributed by atoms with E-state index in [1.807, 2.05) is 0 Å². The van der Waals surface area contributed by atoms with Crippen LogP contribution in [0, 0.1) is 0 Å². The van der Waals surface area contributed by atoms with E-state index in [9.17, 15) is 18.6 Å². The molecule has 3 N–H and O–H groups in total. The first kappa shape index (κ1) is 24.0. The Bertz CT molecular complexity index is 897. The normalized spacial score (nSPS) is 13.7. The Morgan fingerprint density at radius 1 is 0.897 bits per heavy atom. The predicted octanol–water partition coefficient (Wildman–Crippen LogP) is 2.54. The van der Waals surface area contributed by atoms with Crippen LogP contribution in [0.3, 0.4) is 0 Å². The van der Waals surface area contributed by atoms with Gasteiger partial charge in [-0.25, -0.2) is 8.42 Å². The first-order valence-electron chi connectivity index (χ1n) is 8.31. The van der Waals surface area contributed by atoms with Crippen LogP contribution < -0.4 is 9.47 Å². The lowest BCUT2D eigenvalue weighted by molar-refractivity contribution is 0.0536. The molecule has 0 aliphatic carbocycles. The molecule has 0 heterocycles. The van der Waals surface area contributed by atoms with E-state index in [2.05, 4.69) is 0 Å². The zero-order chi connectivity index (χ0) is 21.6. The Kier molecular flexibility index (Phi) is 8.84. The highest BCUT2D eigenvalue weighted by Gasteiger charge is 2.22. The zero-order valence-electron chi connectivity index (χ0n) is 15.0. The second kappa shape index (κ2) is 10.7. The standard InChI is InChI=1S/C18H19Cl3O7S/c19-7-11(23)9-27-13-1-3-14(4-2-13)29(25,26)15-5-16(20)18(17(21)6-15)28-10-12(24)8-22/h1-6,11-12,22-24H,7-10H2. The molecule has 11 heteroatoms. The lowest BCUT2D eigenvalue weighted by Gasteiger charge is -2.14. The van der Waals surface area contributed by atoms with E-state index >= 15 is 0 Å². The number of aliphatic hydroxyl groups is 3. The van der Waals surface area contributed by atoms with Gasteiger partial charge in [-0.1, -0.05) is 23.2 Å². The molecular formula is C18H19Cl3O7S. The van der Waals surface area contributed by atoms with Gasteiger partial charge in [-0.3, -0.25) is 0 Å². The fourth-order valence-electron chi connectivity index (χ4n) is 2.15. The molecule has 0 radical (unpaired) electrons. The van der Waals surface area contributed by atoms with E-state index in [4.69, 9.17) is 49.4 Å². The first-order chi connectivity index (χ1) is 13.7. The quantitative estimate of drug-likeness (QED) is 0.443. The van der Waals surface area contributed by atoms with Crippen LogP contribution >= 0.6 is 34.8 Å². The number of aliphatic hydroxyl groups excluding tert-OH is 3. The number of sulfone groups is 1. The van der Waals surface area contributed by atoms with Crippen molar-refractivity contribution in [3.63, 3.8) is 0 Å². The van der Waals surface area contributed by atoms with Gasteiger partial charge in [0.15, 0.2) is 5.75 Å². The Labute approximate surface area is 183 Å². The van der Waals surface area contributed by atoms with E-state index in [0.717, 1.165) is 0 Å². The van der Waals surface area contributed by atoms with Crippen molar-refractivity contribution < 1.29 is 33.2 Å². The van der Waals surface area contributed by atoms with E-state index in [-0.39, 0.29) is 44.7 Å². The first-order valence-corrected chi connectivity index (χ1v) is 11.1. The largest absolute Gasteiger partial charge is 0.491 e. The number of benzene rings is 2. The van der Waals surface area contributed by atoms with Gasteiger partial charge in [-0.15, -0.1) is 11.6 Å². The third-order valence-corrected chi connectivity index (χ3v) is 6.33. The van der Waals surface area contributed by atoms with Crippen molar-refractivity contribution in [1.82, 2.24) is 0 Å². The number of hydrogen-bond donors (Lipinski definition) is 3. The highest BCUT2D eigenvalue weighted by atomic mass is 35.5. The maximum absolute atomic E-state index is 12.9. The number of ether oxygens (including phenoxy) is 2. The van der Waals surface area contributed by atoms with Crippen molar-refractivity contribution in [2.24, 2.45) is 0 Å². The monoisotopic (exact) mass is 484 g/mol. The second-order valence-corrected chi connectivity index (χ2v) is 9.03. The summed E-state index contributed by atoms with van der Waals surface area (Å²) in [5.74, 6) is 0.392. The minimum Gasteiger partial charge on any atom is -0.491 e. The summed E-state index contributed by atoms with van der Waals surface area (Å²) in [5.41, 5.74) is 0. The summed E-state index contributed by atoms with van der Waals surface area (Å²) in [6, 6.07) is 7.97. The number of halogens is 3. The average molecular weight is 486 g/mol. The minimum atomic E-state index is -3.93. The van der Waals surface area contributed by atoms with Crippen molar-refractivity contribution in [1.29, 1.82) is 0 Å². The van der Waals surface area contributed by atoms with E-state index in [1.165, 1.54) is 36.4 Å². The van der Waals surface area contributed by atoms with Gasteiger partial charge in [0.1, 0.15) is 31.2 Å². The molecule has 2 rings (SSSR count). The van der Waals surface area contributed by atoms with Crippen LogP contribution in [-0.4, -0.2) is 61.6 Å². The zero-order valence-corrected chi connectivity index (χ0v) is 18.0. The molecule has 0 aromatic heterocycles. The summed E-state index contributed by atoms with van der Waals surface area (Å²) in [4.78, 5) is -0.159. The highest BCUT2D eigenvalue weighted by Crippen LogP contribution is 2.37. The van der Waals surface area contributed by atoms with Gasteiger partial charge in [0.2, 0.25) is 9.84 Å². The average Bonchev–Trinajstić information content (AvgIpc) is 2.71. The Hall–Kier alpha value is -1.26. The van der Waals surface area contributed by atoms with Gasteiger partial charge in [-0.05, 0) is 36.4 Å². The van der Waals surface area contributed by atoms with Gasteiger partial charge >= 0.3 is 0 Å². The number of alkyl halides is 1. The van der Waals surface area contributed by atoms with Crippen molar-refractivity contribution in [2.75, 3.05) is 25.7 Å².